The molecular formula is C11H22O2. The van der Waals surface area contributed by atoms with Crippen molar-refractivity contribution in [3.63, 3.8) is 0 Å². The molecule has 1 rings (SSSR count). The van der Waals surface area contributed by atoms with Crippen molar-refractivity contribution in [2.75, 3.05) is 6.61 Å². The summed E-state index contributed by atoms with van der Waals surface area (Å²) in [5, 5.41) is 9.78. The summed E-state index contributed by atoms with van der Waals surface area (Å²) in [6, 6.07) is 0. The third-order valence-electron chi connectivity index (χ3n) is 2.76. The molecule has 0 aromatic heterocycles. The molecule has 13 heavy (non-hydrogen) atoms. The predicted octanol–water partition coefficient (Wildman–Crippen LogP) is 2.35. The fourth-order valence-corrected chi connectivity index (χ4v) is 1.88. The lowest BCUT2D eigenvalue weighted by Gasteiger charge is -2.21. The molecule has 2 nitrogen and oxygen atoms in total. The van der Waals surface area contributed by atoms with Crippen molar-refractivity contribution in [2.24, 2.45) is 5.92 Å². The Labute approximate surface area is 81.3 Å². The molecule has 0 unspecified atom stereocenters. The monoisotopic (exact) mass is 186 g/mol. The Bertz CT molecular complexity index is 134. The minimum Gasteiger partial charge on any atom is -0.393 e. The number of rotatable bonds is 3. The second-order valence-electron chi connectivity index (χ2n) is 4.35. The lowest BCUT2D eigenvalue weighted by Crippen LogP contribution is -2.25. The average Bonchev–Trinajstić information content (AvgIpc) is 2.27. The SMILES string of the molecule is CC(C)OC[C@@H]1CCCCC[C@H]1O. The Hall–Kier alpha value is -0.0800. The van der Waals surface area contributed by atoms with E-state index in [-0.39, 0.29) is 12.2 Å². The highest BCUT2D eigenvalue weighted by Gasteiger charge is 2.21. The second kappa shape index (κ2) is 5.61. The lowest BCUT2D eigenvalue weighted by atomic mass is 9.98. The minimum atomic E-state index is -0.124. The lowest BCUT2D eigenvalue weighted by molar-refractivity contribution is -0.000152. The molecule has 1 fully saturated rings. The van der Waals surface area contributed by atoms with Crippen molar-refractivity contribution in [2.45, 2.75) is 58.2 Å². The first-order chi connectivity index (χ1) is 6.20. The van der Waals surface area contributed by atoms with Crippen LogP contribution in [-0.4, -0.2) is 23.9 Å². The Morgan fingerprint density at radius 1 is 1.23 bits per heavy atom. The summed E-state index contributed by atoms with van der Waals surface area (Å²) in [4.78, 5) is 0. The topological polar surface area (TPSA) is 29.5 Å². The van der Waals surface area contributed by atoms with E-state index in [0.717, 1.165) is 19.4 Å². The summed E-state index contributed by atoms with van der Waals surface area (Å²) in [7, 11) is 0. The molecule has 78 valence electrons. The van der Waals surface area contributed by atoms with Gasteiger partial charge in [0.1, 0.15) is 0 Å². The first-order valence-corrected chi connectivity index (χ1v) is 5.50. The van der Waals surface area contributed by atoms with E-state index in [1.807, 2.05) is 13.8 Å². The van der Waals surface area contributed by atoms with Gasteiger partial charge >= 0.3 is 0 Å². The van der Waals surface area contributed by atoms with Crippen LogP contribution in [0.2, 0.25) is 0 Å². The molecule has 1 saturated carbocycles. The van der Waals surface area contributed by atoms with Crippen LogP contribution in [0.1, 0.15) is 46.0 Å². The normalized spacial score (nSPS) is 30.5. The Morgan fingerprint density at radius 3 is 2.62 bits per heavy atom. The summed E-state index contributed by atoms with van der Waals surface area (Å²) < 4.78 is 5.55. The maximum Gasteiger partial charge on any atom is 0.0590 e. The van der Waals surface area contributed by atoms with E-state index in [0.29, 0.717) is 5.92 Å². The Balaban J connectivity index is 2.27. The first-order valence-electron chi connectivity index (χ1n) is 5.50. The fourth-order valence-electron chi connectivity index (χ4n) is 1.88. The molecule has 0 spiro atoms. The predicted molar refractivity (Wildman–Crippen MR) is 53.7 cm³/mol. The van der Waals surface area contributed by atoms with Gasteiger partial charge in [-0.3, -0.25) is 0 Å². The molecule has 2 heteroatoms. The molecule has 0 saturated heterocycles. The molecule has 0 aromatic carbocycles. The third kappa shape index (κ3) is 4.10. The number of aliphatic hydroxyl groups is 1. The average molecular weight is 186 g/mol. The summed E-state index contributed by atoms with van der Waals surface area (Å²) in [6.07, 6.45) is 5.97. The Kier molecular flexibility index (Phi) is 4.74. The molecule has 2 atom stereocenters. The van der Waals surface area contributed by atoms with Gasteiger partial charge in [-0.05, 0) is 26.7 Å². The number of ether oxygens (including phenoxy) is 1. The van der Waals surface area contributed by atoms with E-state index in [1.54, 1.807) is 0 Å². The van der Waals surface area contributed by atoms with E-state index >= 15 is 0 Å². The van der Waals surface area contributed by atoms with Gasteiger partial charge in [-0.2, -0.15) is 0 Å². The highest BCUT2D eigenvalue weighted by Crippen LogP contribution is 2.23. The van der Waals surface area contributed by atoms with Gasteiger partial charge < -0.3 is 9.84 Å². The van der Waals surface area contributed by atoms with Gasteiger partial charge in [0.05, 0.1) is 18.8 Å². The van der Waals surface area contributed by atoms with Crippen LogP contribution in [0, 0.1) is 5.92 Å². The molecule has 0 aliphatic heterocycles. The van der Waals surface area contributed by atoms with Gasteiger partial charge in [0.15, 0.2) is 0 Å². The summed E-state index contributed by atoms with van der Waals surface area (Å²) in [5.74, 6) is 0.380. The van der Waals surface area contributed by atoms with E-state index in [2.05, 4.69) is 0 Å². The van der Waals surface area contributed by atoms with Crippen LogP contribution in [0.4, 0.5) is 0 Å². The van der Waals surface area contributed by atoms with Crippen molar-refractivity contribution >= 4 is 0 Å². The molecule has 1 N–H and O–H groups in total. The summed E-state index contributed by atoms with van der Waals surface area (Å²) in [6.45, 7) is 4.82. The van der Waals surface area contributed by atoms with Gasteiger partial charge in [-0.15, -0.1) is 0 Å². The number of aliphatic hydroxyl groups excluding tert-OH is 1. The molecular weight excluding hydrogens is 164 g/mol. The largest absolute Gasteiger partial charge is 0.393 e. The molecule has 0 aromatic rings. The van der Waals surface area contributed by atoms with Gasteiger partial charge in [0.25, 0.3) is 0 Å². The van der Waals surface area contributed by atoms with Gasteiger partial charge in [0, 0.05) is 5.92 Å². The maximum absolute atomic E-state index is 9.78. The van der Waals surface area contributed by atoms with Crippen LogP contribution in [-0.2, 0) is 4.74 Å². The van der Waals surface area contributed by atoms with Crippen LogP contribution in [0.3, 0.4) is 0 Å². The van der Waals surface area contributed by atoms with Crippen molar-refractivity contribution in [3.8, 4) is 0 Å². The Morgan fingerprint density at radius 2 is 1.92 bits per heavy atom. The van der Waals surface area contributed by atoms with E-state index < -0.39 is 0 Å². The quantitative estimate of drug-likeness (QED) is 0.686. The highest BCUT2D eigenvalue weighted by atomic mass is 16.5. The zero-order chi connectivity index (χ0) is 9.68. The minimum absolute atomic E-state index is 0.124. The number of hydrogen-bond donors (Lipinski definition) is 1. The van der Waals surface area contributed by atoms with Crippen molar-refractivity contribution < 1.29 is 9.84 Å². The van der Waals surface area contributed by atoms with Crippen LogP contribution < -0.4 is 0 Å². The second-order valence-corrected chi connectivity index (χ2v) is 4.35. The molecule has 0 radical (unpaired) electrons. The molecule has 1 aliphatic carbocycles. The molecule has 0 bridgehead atoms. The number of hydrogen-bond acceptors (Lipinski definition) is 2. The smallest absolute Gasteiger partial charge is 0.0590 e. The van der Waals surface area contributed by atoms with E-state index in [9.17, 15) is 5.11 Å². The zero-order valence-corrected chi connectivity index (χ0v) is 8.83. The van der Waals surface area contributed by atoms with Crippen molar-refractivity contribution in [1.82, 2.24) is 0 Å². The molecule has 1 aliphatic rings. The van der Waals surface area contributed by atoms with Crippen LogP contribution in [0.5, 0.6) is 0 Å². The molecule has 0 amide bonds. The van der Waals surface area contributed by atoms with E-state index in [1.165, 1.54) is 19.3 Å². The van der Waals surface area contributed by atoms with Gasteiger partial charge in [-0.25, -0.2) is 0 Å². The zero-order valence-electron chi connectivity index (χ0n) is 8.83. The van der Waals surface area contributed by atoms with Gasteiger partial charge in [0.2, 0.25) is 0 Å². The maximum atomic E-state index is 9.78. The van der Waals surface area contributed by atoms with Gasteiger partial charge in [-0.1, -0.05) is 19.3 Å². The van der Waals surface area contributed by atoms with Crippen LogP contribution in [0.15, 0.2) is 0 Å². The summed E-state index contributed by atoms with van der Waals surface area (Å²) in [5.41, 5.74) is 0. The summed E-state index contributed by atoms with van der Waals surface area (Å²) >= 11 is 0. The van der Waals surface area contributed by atoms with Crippen molar-refractivity contribution in [1.29, 1.82) is 0 Å². The first kappa shape index (κ1) is 11.0. The fraction of sp³-hybridized carbons (Fsp3) is 1.00. The van der Waals surface area contributed by atoms with Crippen LogP contribution >= 0.6 is 0 Å². The standard InChI is InChI=1S/C11H22O2/c1-9(2)13-8-10-6-4-3-5-7-11(10)12/h9-12H,3-8H2,1-2H3/t10-,11+/m0/s1. The van der Waals surface area contributed by atoms with Crippen LogP contribution in [0.25, 0.3) is 0 Å². The highest BCUT2D eigenvalue weighted by molar-refractivity contribution is 4.72. The molecule has 0 heterocycles. The van der Waals surface area contributed by atoms with E-state index in [4.69, 9.17) is 4.74 Å². The third-order valence-corrected chi connectivity index (χ3v) is 2.76. The van der Waals surface area contributed by atoms with Crippen molar-refractivity contribution in [3.05, 3.63) is 0 Å².